The second-order valence-corrected chi connectivity index (χ2v) is 5.38. The lowest BCUT2D eigenvalue weighted by atomic mass is 9.95. The molecule has 1 fully saturated rings. The van der Waals surface area contributed by atoms with Crippen LogP contribution in [0.15, 0.2) is 0 Å². The van der Waals surface area contributed by atoms with Gasteiger partial charge in [0.2, 0.25) is 0 Å². The van der Waals surface area contributed by atoms with Crippen molar-refractivity contribution in [2.75, 3.05) is 33.2 Å². The molecule has 0 aromatic carbocycles. The number of rotatable bonds is 5. The second-order valence-electron chi connectivity index (χ2n) is 5.38. The molecule has 0 aliphatic carbocycles. The van der Waals surface area contributed by atoms with Crippen molar-refractivity contribution >= 4 is 0 Å². The predicted octanol–water partition coefficient (Wildman–Crippen LogP) is 1.71. The average Bonchev–Trinajstić information content (AvgIpc) is 2.26. The molecule has 1 aliphatic rings. The standard InChI is InChI=1S/C13H25N3/c1-11(2)13(8-14)10-15-9-12-4-6-16(3)7-5-12/h11-13,15H,4-7,9-10H2,1-3H3. The third-order valence-electron chi connectivity index (χ3n) is 3.61. The molecule has 1 N–H and O–H groups in total. The zero-order valence-corrected chi connectivity index (χ0v) is 10.9. The lowest BCUT2D eigenvalue weighted by molar-refractivity contribution is 0.214. The Labute approximate surface area is 99.8 Å². The van der Waals surface area contributed by atoms with Crippen molar-refractivity contribution in [2.24, 2.45) is 17.8 Å². The van der Waals surface area contributed by atoms with E-state index in [1.54, 1.807) is 0 Å². The molecule has 0 bridgehead atoms. The Kier molecular flexibility index (Phi) is 5.79. The number of hydrogen-bond donors (Lipinski definition) is 1. The van der Waals surface area contributed by atoms with Crippen LogP contribution in [0.1, 0.15) is 26.7 Å². The molecule has 16 heavy (non-hydrogen) atoms. The summed E-state index contributed by atoms with van der Waals surface area (Å²) < 4.78 is 0. The Morgan fingerprint density at radius 2 is 2.00 bits per heavy atom. The minimum atomic E-state index is 0.159. The maximum Gasteiger partial charge on any atom is 0.0671 e. The number of nitriles is 1. The number of nitrogens with one attached hydrogen (secondary N) is 1. The van der Waals surface area contributed by atoms with Crippen molar-refractivity contribution < 1.29 is 0 Å². The van der Waals surface area contributed by atoms with Gasteiger partial charge in [0, 0.05) is 6.54 Å². The molecule has 1 heterocycles. The monoisotopic (exact) mass is 223 g/mol. The first-order chi connectivity index (χ1) is 7.63. The Balaban J connectivity index is 2.13. The first-order valence-electron chi connectivity index (χ1n) is 6.42. The van der Waals surface area contributed by atoms with Crippen molar-refractivity contribution in [3.63, 3.8) is 0 Å². The minimum Gasteiger partial charge on any atom is -0.315 e. The maximum atomic E-state index is 8.97. The van der Waals surface area contributed by atoms with Crippen LogP contribution in [0.2, 0.25) is 0 Å². The van der Waals surface area contributed by atoms with Crippen LogP contribution in [-0.2, 0) is 0 Å². The average molecular weight is 223 g/mol. The fraction of sp³-hybridized carbons (Fsp3) is 0.923. The molecule has 1 rings (SSSR count). The lowest BCUT2D eigenvalue weighted by Crippen LogP contribution is -2.36. The maximum absolute atomic E-state index is 8.97. The van der Waals surface area contributed by atoms with Crippen LogP contribution in [-0.4, -0.2) is 38.1 Å². The van der Waals surface area contributed by atoms with E-state index in [0.717, 1.165) is 19.0 Å². The molecule has 0 amide bonds. The molecule has 0 spiro atoms. The van der Waals surface area contributed by atoms with E-state index >= 15 is 0 Å². The third kappa shape index (κ3) is 4.51. The van der Waals surface area contributed by atoms with Gasteiger partial charge in [0.1, 0.15) is 0 Å². The molecule has 1 atom stereocenters. The Bertz CT molecular complexity index is 224. The first kappa shape index (κ1) is 13.5. The van der Waals surface area contributed by atoms with E-state index in [9.17, 15) is 0 Å². The smallest absolute Gasteiger partial charge is 0.0671 e. The van der Waals surface area contributed by atoms with Crippen LogP contribution >= 0.6 is 0 Å². The summed E-state index contributed by atoms with van der Waals surface area (Å²) in [5.41, 5.74) is 0. The number of piperidine rings is 1. The first-order valence-corrected chi connectivity index (χ1v) is 6.42. The van der Waals surface area contributed by atoms with Crippen LogP contribution in [0.4, 0.5) is 0 Å². The largest absolute Gasteiger partial charge is 0.315 e. The highest BCUT2D eigenvalue weighted by molar-refractivity contribution is 4.86. The van der Waals surface area contributed by atoms with Crippen LogP contribution in [0.25, 0.3) is 0 Å². The summed E-state index contributed by atoms with van der Waals surface area (Å²) in [7, 11) is 2.19. The van der Waals surface area contributed by atoms with Crippen LogP contribution < -0.4 is 5.32 Å². The summed E-state index contributed by atoms with van der Waals surface area (Å²) in [6.07, 6.45) is 2.59. The van der Waals surface area contributed by atoms with Gasteiger partial charge in [0.15, 0.2) is 0 Å². The molecular formula is C13H25N3. The summed E-state index contributed by atoms with van der Waals surface area (Å²) in [5.74, 6) is 1.42. The van der Waals surface area contributed by atoms with Crippen molar-refractivity contribution in [1.82, 2.24) is 10.2 Å². The number of nitrogens with zero attached hydrogens (tertiary/aromatic N) is 2. The van der Waals surface area contributed by atoms with Gasteiger partial charge in [-0.2, -0.15) is 5.26 Å². The van der Waals surface area contributed by atoms with E-state index in [1.165, 1.54) is 25.9 Å². The van der Waals surface area contributed by atoms with Crippen molar-refractivity contribution in [2.45, 2.75) is 26.7 Å². The molecule has 92 valence electrons. The van der Waals surface area contributed by atoms with Crippen LogP contribution in [0, 0.1) is 29.1 Å². The van der Waals surface area contributed by atoms with Gasteiger partial charge >= 0.3 is 0 Å². The quantitative estimate of drug-likeness (QED) is 0.771. The summed E-state index contributed by atoms with van der Waals surface area (Å²) in [6, 6.07) is 2.38. The van der Waals surface area contributed by atoms with Gasteiger partial charge in [-0.15, -0.1) is 0 Å². The zero-order valence-electron chi connectivity index (χ0n) is 10.9. The molecule has 0 saturated carbocycles. The molecule has 1 saturated heterocycles. The van der Waals surface area contributed by atoms with Gasteiger partial charge in [0.25, 0.3) is 0 Å². The van der Waals surface area contributed by atoms with Gasteiger partial charge in [-0.3, -0.25) is 0 Å². The molecule has 0 radical (unpaired) electrons. The van der Waals surface area contributed by atoms with Gasteiger partial charge in [-0.05, 0) is 51.4 Å². The topological polar surface area (TPSA) is 39.1 Å². The fourth-order valence-corrected chi connectivity index (χ4v) is 2.14. The second kappa shape index (κ2) is 6.88. The molecule has 1 unspecified atom stereocenters. The van der Waals surface area contributed by atoms with E-state index in [1.807, 2.05) is 0 Å². The van der Waals surface area contributed by atoms with Crippen molar-refractivity contribution in [1.29, 1.82) is 5.26 Å². The van der Waals surface area contributed by atoms with Crippen LogP contribution in [0.5, 0.6) is 0 Å². The van der Waals surface area contributed by atoms with E-state index in [2.05, 4.69) is 37.2 Å². The summed E-state index contributed by atoms with van der Waals surface area (Å²) in [5, 5.41) is 12.4. The molecule has 0 aromatic heterocycles. The highest BCUT2D eigenvalue weighted by Gasteiger charge is 2.17. The predicted molar refractivity (Wildman–Crippen MR) is 67.0 cm³/mol. The molecule has 3 heteroatoms. The van der Waals surface area contributed by atoms with E-state index < -0.39 is 0 Å². The zero-order chi connectivity index (χ0) is 12.0. The van der Waals surface area contributed by atoms with Gasteiger partial charge in [-0.1, -0.05) is 13.8 Å². The SMILES string of the molecule is CC(C)C(C#N)CNCC1CCN(C)CC1. The van der Waals surface area contributed by atoms with Gasteiger partial charge < -0.3 is 10.2 Å². The highest BCUT2D eigenvalue weighted by Crippen LogP contribution is 2.15. The number of hydrogen-bond acceptors (Lipinski definition) is 3. The van der Waals surface area contributed by atoms with E-state index in [0.29, 0.717) is 5.92 Å². The van der Waals surface area contributed by atoms with Crippen molar-refractivity contribution in [3.8, 4) is 6.07 Å². The number of likely N-dealkylation sites (tertiary alicyclic amines) is 1. The van der Waals surface area contributed by atoms with Gasteiger partial charge in [0.05, 0.1) is 12.0 Å². The van der Waals surface area contributed by atoms with E-state index in [-0.39, 0.29) is 5.92 Å². The Morgan fingerprint density at radius 3 is 2.50 bits per heavy atom. The lowest BCUT2D eigenvalue weighted by Gasteiger charge is -2.29. The minimum absolute atomic E-state index is 0.159. The Hall–Kier alpha value is -0.590. The highest BCUT2D eigenvalue weighted by atomic mass is 15.1. The fourth-order valence-electron chi connectivity index (χ4n) is 2.14. The third-order valence-corrected chi connectivity index (χ3v) is 3.61. The summed E-state index contributed by atoms with van der Waals surface area (Å²) >= 11 is 0. The van der Waals surface area contributed by atoms with Gasteiger partial charge in [-0.25, -0.2) is 0 Å². The van der Waals surface area contributed by atoms with E-state index in [4.69, 9.17) is 5.26 Å². The molecular weight excluding hydrogens is 198 g/mol. The summed E-state index contributed by atoms with van der Waals surface area (Å²) in [4.78, 5) is 2.39. The molecule has 0 aromatic rings. The molecule has 1 aliphatic heterocycles. The summed E-state index contributed by atoms with van der Waals surface area (Å²) in [6.45, 7) is 8.60. The van der Waals surface area contributed by atoms with Crippen LogP contribution in [0.3, 0.4) is 0 Å². The molecule has 3 nitrogen and oxygen atoms in total. The van der Waals surface area contributed by atoms with Crippen molar-refractivity contribution in [3.05, 3.63) is 0 Å². The normalized spacial score (nSPS) is 20.9. The Morgan fingerprint density at radius 1 is 1.38 bits per heavy atom.